The predicted octanol–water partition coefficient (Wildman–Crippen LogP) is 4.02. The van der Waals surface area contributed by atoms with Crippen molar-refractivity contribution in [3.8, 4) is 10.6 Å². The second-order valence-electron chi connectivity index (χ2n) is 9.35. The van der Waals surface area contributed by atoms with E-state index < -0.39 is 11.7 Å². The van der Waals surface area contributed by atoms with Gasteiger partial charge in [0.25, 0.3) is 5.91 Å². The summed E-state index contributed by atoms with van der Waals surface area (Å²) in [6.07, 6.45) is 6.99. The molecule has 34 heavy (non-hydrogen) atoms. The van der Waals surface area contributed by atoms with Crippen molar-refractivity contribution in [1.29, 1.82) is 0 Å². The highest BCUT2D eigenvalue weighted by Crippen LogP contribution is 2.36. The highest BCUT2D eigenvalue weighted by Gasteiger charge is 2.28. The summed E-state index contributed by atoms with van der Waals surface area (Å²) in [5, 5.41) is 8.21. The number of hydrogen-bond donors (Lipinski definition) is 3. The van der Waals surface area contributed by atoms with Crippen LogP contribution in [0.15, 0.2) is 24.4 Å². The minimum atomic E-state index is -0.424. The third-order valence-corrected chi connectivity index (χ3v) is 7.40. The average Bonchev–Trinajstić information content (AvgIpc) is 3.48. The smallest absolute Gasteiger partial charge is 0.277 e. The molecule has 3 heterocycles. The Kier molecular flexibility index (Phi) is 6.26. The van der Waals surface area contributed by atoms with Crippen molar-refractivity contribution in [2.75, 3.05) is 29.0 Å². The molecule has 1 amide bonds. The minimum Gasteiger partial charge on any atom is -0.389 e. The van der Waals surface area contributed by atoms with E-state index in [2.05, 4.69) is 20.3 Å². The van der Waals surface area contributed by atoms with E-state index in [4.69, 9.17) is 11.5 Å². The minimum absolute atomic E-state index is 0.0969. The molecule has 3 aromatic rings. The SMILES string of the molecule is Cc1ccc(F)c(-c2nc(C(=O)Nc3cnn(CC4CC4)c3N3CCC[C@@H](N)CC3)c(N)s2)c1. The van der Waals surface area contributed by atoms with Gasteiger partial charge in [-0.1, -0.05) is 23.0 Å². The molecule has 0 unspecified atom stereocenters. The van der Waals surface area contributed by atoms with E-state index in [0.29, 0.717) is 22.2 Å². The largest absolute Gasteiger partial charge is 0.389 e. The van der Waals surface area contributed by atoms with Crippen molar-refractivity contribution in [3.63, 3.8) is 0 Å². The van der Waals surface area contributed by atoms with Crippen molar-refractivity contribution in [2.24, 2.45) is 11.7 Å². The van der Waals surface area contributed by atoms with Crippen LogP contribution in [0.5, 0.6) is 0 Å². The zero-order valence-corrected chi connectivity index (χ0v) is 20.1. The molecule has 0 spiro atoms. The first-order chi connectivity index (χ1) is 16.4. The quantitative estimate of drug-likeness (QED) is 0.488. The fourth-order valence-electron chi connectivity index (χ4n) is 4.41. The zero-order chi connectivity index (χ0) is 23.8. The molecule has 5 N–H and O–H groups in total. The van der Waals surface area contributed by atoms with Crippen LogP contribution < -0.4 is 21.7 Å². The van der Waals surface area contributed by atoms with Crippen molar-refractivity contribution in [2.45, 2.75) is 51.6 Å². The summed E-state index contributed by atoms with van der Waals surface area (Å²) in [6, 6.07) is 4.99. The number of thiazole rings is 1. The van der Waals surface area contributed by atoms with E-state index >= 15 is 0 Å². The van der Waals surface area contributed by atoms with Gasteiger partial charge in [0.2, 0.25) is 0 Å². The Balaban J connectivity index is 1.42. The van der Waals surface area contributed by atoms with Crippen molar-refractivity contribution < 1.29 is 9.18 Å². The molecule has 1 aliphatic heterocycles. The summed E-state index contributed by atoms with van der Waals surface area (Å²) in [5.74, 6) is 0.728. The van der Waals surface area contributed by atoms with Gasteiger partial charge in [-0.05, 0) is 57.1 Å². The van der Waals surface area contributed by atoms with Gasteiger partial charge in [-0.15, -0.1) is 0 Å². The van der Waals surface area contributed by atoms with Gasteiger partial charge >= 0.3 is 0 Å². The Labute approximate surface area is 202 Å². The molecular weight excluding hydrogens is 453 g/mol. The normalized spacial score (nSPS) is 18.7. The summed E-state index contributed by atoms with van der Waals surface area (Å²) in [7, 11) is 0. The van der Waals surface area contributed by atoms with Crippen molar-refractivity contribution >= 4 is 33.8 Å². The van der Waals surface area contributed by atoms with Crippen LogP contribution in [0.2, 0.25) is 0 Å². The second-order valence-corrected chi connectivity index (χ2v) is 10.4. The molecule has 180 valence electrons. The van der Waals surface area contributed by atoms with Gasteiger partial charge in [-0.2, -0.15) is 5.10 Å². The van der Waals surface area contributed by atoms with Gasteiger partial charge in [-0.3, -0.25) is 4.79 Å². The van der Waals surface area contributed by atoms with E-state index in [1.807, 2.05) is 11.6 Å². The molecule has 2 aliphatic rings. The van der Waals surface area contributed by atoms with Gasteiger partial charge in [0.15, 0.2) is 11.5 Å². The van der Waals surface area contributed by atoms with Gasteiger partial charge in [0.1, 0.15) is 21.5 Å². The van der Waals surface area contributed by atoms with E-state index in [9.17, 15) is 9.18 Å². The number of aromatic nitrogens is 3. The summed E-state index contributed by atoms with van der Waals surface area (Å²) < 4.78 is 16.4. The number of nitrogens with one attached hydrogen (secondary N) is 1. The van der Waals surface area contributed by atoms with E-state index in [1.54, 1.807) is 18.3 Å². The molecular formula is C24H30FN7OS. The summed E-state index contributed by atoms with van der Waals surface area (Å²) in [4.78, 5) is 19.9. The third-order valence-electron chi connectivity index (χ3n) is 6.48. The van der Waals surface area contributed by atoms with Crippen LogP contribution in [-0.2, 0) is 6.54 Å². The number of amides is 1. The molecule has 0 bridgehead atoms. The summed E-state index contributed by atoms with van der Waals surface area (Å²) >= 11 is 1.11. The highest BCUT2D eigenvalue weighted by atomic mass is 32.1. The molecule has 2 fully saturated rings. The maximum absolute atomic E-state index is 14.4. The van der Waals surface area contributed by atoms with Crippen LogP contribution in [0, 0.1) is 18.7 Å². The predicted molar refractivity (Wildman–Crippen MR) is 134 cm³/mol. The van der Waals surface area contributed by atoms with Crippen LogP contribution >= 0.6 is 11.3 Å². The van der Waals surface area contributed by atoms with Gasteiger partial charge in [0.05, 0.1) is 6.20 Å². The second kappa shape index (κ2) is 9.34. The first kappa shape index (κ1) is 22.8. The molecule has 10 heteroatoms. The van der Waals surface area contributed by atoms with Gasteiger partial charge in [0, 0.05) is 31.2 Å². The molecule has 0 radical (unpaired) electrons. The van der Waals surface area contributed by atoms with Crippen LogP contribution in [0.3, 0.4) is 0 Å². The average molecular weight is 484 g/mol. The van der Waals surface area contributed by atoms with Crippen LogP contribution in [-0.4, -0.2) is 39.8 Å². The van der Waals surface area contributed by atoms with Crippen molar-refractivity contribution in [1.82, 2.24) is 14.8 Å². The molecule has 2 aromatic heterocycles. The first-order valence-corrected chi connectivity index (χ1v) is 12.6. The van der Waals surface area contributed by atoms with Gasteiger partial charge < -0.3 is 21.7 Å². The van der Waals surface area contributed by atoms with E-state index in [-0.39, 0.29) is 16.7 Å². The molecule has 1 aliphatic carbocycles. The van der Waals surface area contributed by atoms with Crippen molar-refractivity contribution in [3.05, 3.63) is 41.5 Å². The lowest BCUT2D eigenvalue weighted by atomic mass is 10.1. The van der Waals surface area contributed by atoms with Crippen LogP contribution in [0.25, 0.3) is 10.6 Å². The Bertz CT molecular complexity index is 1200. The standard InChI is InChI=1S/C24H30FN7OS/c1-14-4-7-18(25)17(11-14)23-30-20(21(27)34-23)22(33)29-19-12-28-32(13-15-5-6-15)24(19)31-9-2-3-16(26)8-10-31/h4,7,11-12,15-16H,2-3,5-6,8-10,13,26-27H2,1H3,(H,29,33)/t16-/m1/s1. The summed E-state index contributed by atoms with van der Waals surface area (Å²) in [6.45, 7) is 4.39. The lowest BCUT2D eigenvalue weighted by molar-refractivity contribution is 0.102. The fourth-order valence-corrected chi connectivity index (χ4v) is 5.25. The molecule has 1 saturated heterocycles. The molecule has 5 rings (SSSR count). The summed E-state index contributed by atoms with van der Waals surface area (Å²) in [5.41, 5.74) is 14.3. The number of rotatable bonds is 6. The number of nitrogens with two attached hydrogens (primary N) is 2. The van der Waals surface area contributed by atoms with E-state index in [0.717, 1.165) is 61.6 Å². The molecule has 1 aromatic carbocycles. The Morgan fingerprint density at radius 3 is 2.88 bits per heavy atom. The lowest BCUT2D eigenvalue weighted by Gasteiger charge is -2.25. The zero-order valence-electron chi connectivity index (χ0n) is 19.3. The molecule has 1 saturated carbocycles. The van der Waals surface area contributed by atoms with Gasteiger partial charge in [-0.25, -0.2) is 14.1 Å². The maximum Gasteiger partial charge on any atom is 0.277 e. The fraction of sp³-hybridized carbons (Fsp3) is 0.458. The number of nitrogen functional groups attached to an aromatic ring is 1. The Morgan fingerprint density at radius 1 is 1.26 bits per heavy atom. The highest BCUT2D eigenvalue weighted by molar-refractivity contribution is 7.19. The van der Waals surface area contributed by atoms with E-state index in [1.165, 1.54) is 18.9 Å². The monoisotopic (exact) mass is 483 g/mol. The first-order valence-electron chi connectivity index (χ1n) is 11.8. The molecule has 8 nitrogen and oxygen atoms in total. The van der Waals surface area contributed by atoms with Crippen LogP contribution in [0.4, 0.5) is 20.9 Å². The number of nitrogens with zero attached hydrogens (tertiary/aromatic N) is 4. The number of hydrogen-bond acceptors (Lipinski definition) is 7. The third kappa shape index (κ3) is 4.78. The number of carbonyl (C=O) groups is 1. The number of anilines is 3. The lowest BCUT2D eigenvalue weighted by Crippen LogP contribution is -2.30. The molecule has 1 atom stereocenters. The Morgan fingerprint density at radius 2 is 2.09 bits per heavy atom. The number of benzene rings is 1. The Hall–Kier alpha value is -2.98. The number of carbonyl (C=O) groups excluding carboxylic acids is 1. The van der Waals surface area contributed by atoms with Crippen LogP contribution in [0.1, 0.15) is 48.2 Å². The maximum atomic E-state index is 14.4. The topological polar surface area (TPSA) is 115 Å². The number of aryl methyl sites for hydroxylation is 1. The number of halogens is 1.